The molecule has 3 rings (SSSR count). The predicted octanol–water partition coefficient (Wildman–Crippen LogP) is 2.94. The summed E-state index contributed by atoms with van der Waals surface area (Å²) < 4.78 is 2.10. The van der Waals surface area contributed by atoms with Crippen LogP contribution in [-0.4, -0.2) is 21.0 Å². The molecule has 0 aliphatic carbocycles. The first-order valence-electron chi connectivity index (χ1n) is 5.73. The Kier molecular flexibility index (Phi) is 3.53. The third-order valence-corrected chi connectivity index (χ3v) is 4.67. The van der Waals surface area contributed by atoms with Crippen LogP contribution >= 0.6 is 23.1 Å². The van der Waals surface area contributed by atoms with Crippen molar-refractivity contribution < 1.29 is 5.21 Å². The van der Waals surface area contributed by atoms with Crippen LogP contribution < -0.4 is 5.73 Å². The molecule has 0 amide bonds. The number of aromatic nitrogens is 2. The number of nitrogens with two attached hydrogens (primary N) is 1. The number of hydrogen-bond donors (Lipinski definition) is 2. The monoisotopic (exact) mass is 302 g/mol. The van der Waals surface area contributed by atoms with Gasteiger partial charge in [-0.2, -0.15) is 0 Å². The van der Waals surface area contributed by atoms with Gasteiger partial charge in [0, 0.05) is 11.1 Å². The summed E-state index contributed by atoms with van der Waals surface area (Å²) in [6.07, 6.45) is 1.63. The smallest absolute Gasteiger partial charge is 0.188 e. The highest BCUT2D eigenvalue weighted by molar-refractivity contribution is 8.01. The van der Waals surface area contributed by atoms with Crippen LogP contribution in [0.25, 0.3) is 10.2 Å². The number of para-hydroxylation sites is 1. The zero-order valence-corrected chi connectivity index (χ0v) is 11.9. The van der Waals surface area contributed by atoms with Gasteiger partial charge < -0.3 is 10.9 Å². The normalized spacial score (nSPS) is 11.9. The first-order chi connectivity index (χ1) is 9.76. The van der Waals surface area contributed by atoms with Crippen LogP contribution in [0, 0.1) is 0 Å². The summed E-state index contributed by atoms with van der Waals surface area (Å²) in [5, 5.41) is 11.6. The van der Waals surface area contributed by atoms with E-state index in [1.165, 1.54) is 11.8 Å². The van der Waals surface area contributed by atoms with Crippen LogP contribution in [0.4, 0.5) is 0 Å². The average Bonchev–Trinajstić information content (AvgIpc) is 2.88. The van der Waals surface area contributed by atoms with E-state index in [1.807, 2.05) is 30.3 Å². The topological polar surface area (TPSA) is 84.4 Å². The molecule has 0 fully saturated rings. The molecule has 3 N–H and O–H groups in total. The van der Waals surface area contributed by atoms with Crippen LogP contribution in [0.5, 0.6) is 0 Å². The Hall–Kier alpha value is -2.12. The number of thiazole rings is 1. The van der Waals surface area contributed by atoms with E-state index in [1.54, 1.807) is 23.6 Å². The molecule has 3 aromatic rings. The second-order valence-corrected chi connectivity index (χ2v) is 6.26. The van der Waals surface area contributed by atoms with E-state index >= 15 is 0 Å². The van der Waals surface area contributed by atoms with E-state index in [9.17, 15) is 0 Å². The van der Waals surface area contributed by atoms with Crippen molar-refractivity contribution in [3.8, 4) is 0 Å². The molecule has 2 heterocycles. The Morgan fingerprint density at radius 1 is 1.30 bits per heavy atom. The van der Waals surface area contributed by atoms with Crippen molar-refractivity contribution >= 4 is 39.2 Å². The maximum Gasteiger partial charge on any atom is 0.188 e. The fourth-order valence-corrected chi connectivity index (χ4v) is 3.73. The van der Waals surface area contributed by atoms with Gasteiger partial charge in [-0.05, 0) is 24.3 Å². The van der Waals surface area contributed by atoms with E-state index in [-0.39, 0.29) is 5.84 Å². The summed E-state index contributed by atoms with van der Waals surface area (Å²) in [4.78, 5) is 9.55. The number of amidine groups is 1. The van der Waals surface area contributed by atoms with E-state index in [4.69, 9.17) is 10.9 Å². The molecule has 100 valence electrons. The third-order valence-electron chi connectivity index (χ3n) is 2.58. The highest BCUT2D eigenvalue weighted by Crippen LogP contribution is 2.34. The van der Waals surface area contributed by atoms with Gasteiger partial charge in [-0.1, -0.05) is 29.1 Å². The van der Waals surface area contributed by atoms with Crippen molar-refractivity contribution in [2.45, 2.75) is 9.24 Å². The Balaban J connectivity index is 1.90. The predicted molar refractivity (Wildman–Crippen MR) is 80.5 cm³/mol. The number of pyridine rings is 1. The zero-order valence-electron chi connectivity index (χ0n) is 10.2. The van der Waals surface area contributed by atoms with E-state index in [2.05, 4.69) is 15.1 Å². The second kappa shape index (κ2) is 5.48. The lowest BCUT2D eigenvalue weighted by Crippen LogP contribution is -2.14. The zero-order chi connectivity index (χ0) is 13.9. The highest BCUT2D eigenvalue weighted by atomic mass is 32.2. The number of nitrogens with zero attached hydrogens (tertiary/aromatic N) is 3. The fraction of sp³-hybridized carbons (Fsp3) is 0. The maximum atomic E-state index is 8.67. The molecule has 0 aliphatic rings. The number of benzene rings is 1. The quantitative estimate of drug-likeness (QED) is 0.336. The molecule has 0 atom stereocenters. The number of oxime groups is 1. The summed E-state index contributed by atoms with van der Waals surface area (Å²) in [6, 6.07) is 11.6. The molecule has 0 bridgehead atoms. The largest absolute Gasteiger partial charge is 0.409 e. The maximum absolute atomic E-state index is 8.67. The summed E-state index contributed by atoms with van der Waals surface area (Å²) in [5.74, 6) is -0.00301. The van der Waals surface area contributed by atoms with Crippen molar-refractivity contribution in [2.24, 2.45) is 10.9 Å². The van der Waals surface area contributed by atoms with Crippen LogP contribution in [0.1, 0.15) is 5.69 Å². The molecule has 0 spiro atoms. The van der Waals surface area contributed by atoms with Crippen molar-refractivity contribution in [1.82, 2.24) is 9.97 Å². The number of hydrogen-bond acceptors (Lipinski definition) is 6. The fourth-order valence-electron chi connectivity index (χ4n) is 1.66. The van der Waals surface area contributed by atoms with Crippen LogP contribution in [-0.2, 0) is 0 Å². The second-order valence-electron chi connectivity index (χ2n) is 3.91. The number of rotatable bonds is 3. The van der Waals surface area contributed by atoms with Crippen LogP contribution in [0.3, 0.4) is 0 Å². The van der Waals surface area contributed by atoms with Crippen LogP contribution in [0.15, 0.2) is 57.0 Å². The first-order valence-corrected chi connectivity index (χ1v) is 7.37. The molecule has 0 saturated heterocycles. The van der Waals surface area contributed by atoms with Gasteiger partial charge in [-0.15, -0.1) is 11.3 Å². The number of fused-ring (bicyclic) bond motifs is 1. The summed E-state index contributed by atoms with van der Waals surface area (Å²) in [7, 11) is 0. The summed E-state index contributed by atoms with van der Waals surface area (Å²) >= 11 is 3.16. The van der Waals surface area contributed by atoms with E-state index < -0.39 is 0 Å². The van der Waals surface area contributed by atoms with Crippen molar-refractivity contribution in [1.29, 1.82) is 0 Å². The standard InChI is InChI=1S/C13H10N4OS2/c14-12(17-18)10-7-8(5-6-15-10)19-13-16-9-3-1-2-4-11(9)20-13/h1-7,18H,(H2,14,17). The minimum Gasteiger partial charge on any atom is -0.409 e. The van der Waals surface area contributed by atoms with Gasteiger partial charge in [0.15, 0.2) is 10.2 Å². The van der Waals surface area contributed by atoms with E-state index in [0.717, 1.165) is 19.5 Å². The van der Waals surface area contributed by atoms with Gasteiger partial charge >= 0.3 is 0 Å². The summed E-state index contributed by atoms with van der Waals surface area (Å²) in [5.41, 5.74) is 6.97. The van der Waals surface area contributed by atoms with Gasteiger partial charge in [-0.3, -0.25) is 4.98 Å². The van der Waals surface area contributed by atoms with Crippen molar-refractivity contribution in [3.05, 3.63) is 48.3 Å². The van der Waals surface area contributed by atoms with Crippen LogP contribution in [0.2, 0.25) is 0 Å². The van der Waals surface area contributed by atoms with Gasteiger partial charge in [0.2, 0.25) is 0 Å². The van der Waals surface area contributed by atoms with Gasteiger partial charge in [0.05, 0.1) is 10.2 Å². The molecular formula is C13H10N4OS2. The Bertz CT molecular complexity index is 752. The molecule has 0 unspecified atom stereocenters. The average molecular weight is 302 g/mol. The molecule has 7 heteroatoms. The molecule has 0 aliphatic heterocycles. The van der Waals surface area contributed by atoms with Gasteiger partial charge in [0.1, 0.15) is 5.69 Å². The molecule has 0 saturated carbocycles. The molecule has 2 aromatic heterocycles. The van der Waals surface area contributed by atoms with Gasteiger partial charge in [-0.25, -0.2) is 4.98 Å². The lowest BCUT2D eigenvalue weighted by Gasteiger charge is -2.00. The minimum atomic E-state index is -0.00301. The van der Waals surface area contributed by atoms with E-state index in [0.29, 0.717) is 5.69 Å². The lowest BCUT2D eigenvalue weighted by molar-refractivity contribution is 0.318. The SMILES string of the molecule is NC(=NO)c1cc(Sc2nc3ccccc3s2)ccn1. The van der Waals surface area contributed by atoms with Crippen molar-refractivity contribution in [2.75, 3.05) is 0 Å². The molecule has 0 radical (unpaired) electrons. The molecule has 1 aromatic carbocycles. The highest BCUT2D eigenvalue weighted by Gasteiger charge is 2.07. The minimum absolute atomic E-state index is 0.00301. The van der Waals surface area contributed by atoms with Crippen molar-refractivity contribution in [3.63, 3.8) is 0 Å². The lowest BCUT2D eigenvalue weighted by atomic mass is 10.3. The van der Waals surface area contributed by atoms with Gasteiger partial charge in [0.25, 0.3) is 0 Å². The molecule has 5 nitrogen and oxygen atoms in total. The Labute approximate surface area is 123 Å². The molecular weight excluding hydrogens is 292 g/mol. The molecule has 20 heavy (non-hydrogen) atoms. The summed E-state index contributed by atoms with van der Waals surface area (Å²) in [6.45, 7) is 0. The third kappa shape index (κ3) is 2.59. The Morgan fingerprint density at radius 3 is 2.95 bits per heavy atom. The first kappa shape index (κ1) is 12.9. The Morgan fingerprint density at radius 2 is 2.15 bits per heavy atom.